The molecule has 0 fully saturated rings. The van der Waals surface area contributed by atoms with Gasteiger partial charge in [0.25, 0.3) is 0 Å². The molecule has 1 aliphatic rings. The molecule has 0 saturated carbocycles. The molecule has 7 heteroatoms. The number of amidine groups is 1. The zero-order chi connectivity index (χ0) is 17.8. The van der Waals surface area contributed by atoms with Gasteiger partial charge in [0.2, 0.25) is 5.91 Å². The second-order valence-electron chi connectivity index (χ2n) is 5.55. The van der Waals surface area contributed by atoms with Crippen molar-refractivity contribution in [2.45, 2.75) is 12.2 Å². The van der Waals surface area contributed by atoms with Crippen molar-refractivity contribution >= 4 is 46.0 Å². The SMILES string of the molecule is O=C(Cc1ccc(F)cc1)N1CCN=C1SCc1ccc(Cl)c(Cl)c1. The van der Waals surface area contributed by atoms with Gasteiger partial charge in [0.05, 0.1) is 23.0 Å². The minimum absolute atomic E-state index is 0.0375. The van der Waals surface area contributed by atoms with Crippen LogP contribution in [0.4, 0.5) is 4.39 Å². The fourth-order valence-corrected chi connectivity index (χ4v) is 3.76. The maximum atomic E-state index is 13.0. The smallest absolute Gasteiger partial charge is 0.233 e. The van der Waals surface area contributed by atoms with Gasteiger partial charge in [0, 0.05) is 12.3 Å². The number of thioether (sulfide) groups is 1. The minimum atomic E-state index is -0.309. The average Bonchev–Trinajstić information content (AvgIpc) is 3.07. The molecule has 1 heterocycles. The summed E-state index contributed by atoms with van der Waals surface area (Å²) in [6, 6.07) is 11.5. The summed E-state index contributed by atoms with van der Waals surface area (Å²) in [5.41, 5.74) is 1.80. The first-order valence-electron chi connectivity index (χ1n) is 7.69. The number of benzene rings is 2. The number of carbonyl (C=O) groups excluding carboxylic acids is 1. The van der Waals surface area contributed by atoms with Crippen LogP contribution >= 0.6 is 35.0 Å². The van der Waals surface area contributed by atoms with E-state index < -0.39 is 0 Å². The Balaban J connectivity index is 1.60. The van der Waals surface area contributed by atoms with Crippen LogP contribution in [0.15, 0.2) is 47.5 Å². The van der Waals surface area contributed by atoms with Crippen LogP contribution in [-0.4, -0.2) is 29.1 Å². The molecule has 3 nitrogen and oxygen atoms in total. The van der Waals surface area contributed by atoms with Crippen LogP contribution in [0.2, 0.25) is 10.0 Å². The maximum absolute atomic E-state index is 13.0. The number of hydrogen-bond acceptors (Lipinski definition) is 3. The molecule has 0 bridgehead atoms. The molecule has 0 radical (unpaired) electrons. The molecular weight excluding hydrogens is 382 g/mol. The summed E-state index contributed by atoms with van der Waals surface area (Å²) in [7, 11) is 0. The lowest BCUT2D eigenvalue weighted by Gasteiger charge is -2.18. The van der Waals surface area contributed by atoms with E-state index in [9.17, 15) is 9.18 Å². The minimum Gasteiger partial charge on any atom is -0.289 e. The van der Waals surface area contributed by atoms with Crippen molar-refractivity contribution in [3.63, 3.8) is 0 Å². The fraction of sp³-hybridized carbons (Fsp3) is 0.222. The van der Waals surface area contributed by atoms with Crippen molar-refractivity contribution < 1.29 is 9.18 Å². The Labute approximate surface area is 159 Å². The lowest BCUT2D eigenvalue weighted by molar-refractivity contribution is -0.126. The van der Waals surface area contributed by atoms with Crippen molar-refractivity contribution in [2.24, 2.45) is 4.99 Å². The quantitative estimate of drug-likeness (QED) is 0.742. The Hall–Kier alpha value is -1.56. The van der Waals surface area contributed by atoms with Crippen LogP contribution in [0, 0.1) is 5.82 Å². The van der Waals surface area contributed by atoms with E-state index in [0.717, 1.165) is 11.1 Å². The standard InChI is InChI=1S/C18H15Cl2FN2OS/c19-15-6-3-13(9-16(15)20)11-25-18-22-7-8-23(18)17(24)10-12-1-4-14(21)5-2-12/h1-6,9H,7-8,10-11H2. The van der Waals surface area contributed by atoms with Gasteiger partial charge in [-0.15, -0.1) is 0 Å². The Kier molecular flexibility index (Phi) is 5.99. The van der Waals surface area contributed by atoms with Crippen molar-refractivity contribution in [3.8, 4) is 0 Å². The Morgan fingerprint density at radius 2 is 1.84 bits per heavy atom. The van der Waals surface area contributed by atoms with E-state index in [0.29, 0.717) is 34.1 Å². The number of rotatable bonds is 4. The summed E-state index contributed by atoms with van der Waals surface area (Å²) in [6.45, 7) is 1.17. The number of halogens is 3. The molecule has 2 aromatic carbocycles. The van der Waals surface area contributed by atoms with Crippen LogP contribution in [0.25, 0.3) is 0 Å². The van der Waals surface area contributed by atoms with Crippen molar-refractivity contribution in [2.75, 3.05) is 13.1 Å². The van der Waals surface area contributed by atoms with Gasteiger partial charge in [-0.05, 0) is 35.4 Å². The molecule has 1 aliphatic heterocycles. The van der Waals surface area contributed by atoms with E-state index in [2.05, 4.69) is 4.99 Å². The molecule has 0 aromatic heterocycles. The summed E-state index contributed by atoms with van der Waals surface area (Å²) in [4.78, 5) is 18.6. The first-order chi connectivity index (χ1) is 12.0. The zero-order valence-corrected chi connectivity index (χ0v) is 15.5. The molecule has 0 N–H and O–H groups in total. The molecule has 25 heavy (non-hydrogen) atoms. The lowest BCUT2D eigenvalue weighted by atomic mass is 10.1. The fourth-order valence-electron chi connectivity index (χ4n) is 2.43. The maximum Gasteiger partial charge on any atom is 0.233 e. The highest BCUT2D eigenvalue weighted by atomic mass is 35.5. The van der Waals surface area contributed by atoms with E-state index in [1.165, 1.54) is 23.9 Å². The van der Waals surface area contributed by atoms with Crippen molar-refractivity contribution in [3.05, 3.63) is 69.5 Å². The molecule has 1 amide bonds. The molecular formula is C18H15Cl2FN2OS. The van der Waals surface area contributed by atoms with Gasteiger partial charge in [-0.2, -0.15) is 0 Å². The van der Waals surface area contributed by atoms with Crippen molar-refractivity contribution in [1.82, 2.24) is 4.90 Å². The van der Waals surface area contributed by atoms with E-state index in [-0.39, 0.29) is 18.1 Å². The predicted molar refractivity (Wildman–Crippen MR) is 102 cm³/mol. The third kappa shape index (κ3) is 4.75. The summed E-state index contributed by atoms with van der Waals surface area (Å²) < 4.78 is 13.0. The number of aliphatic imine (C=N–C) groups is 1. The Morgan fingerprint density at radius 1 is 1.12 bits per heavy atom. The Bertz CT molecular complexity index is 811. The topological polar surface area (TPSA) is 32.7 Å². The molecule has 0 atom stereocenters. The summed E-state index contributed by atoms with van der Waals surface area (Å²) >= 11 is 13.4. The van der Waals surface area contributed by atoms with Crippen LogP contribution in [0.3, 0.4) is 0 Å². The normalized spacial score (nSPS) is 13.9. The first-order valence-corrected chi connectivity index (χ1v) is 9.43. The number of carbonyl (C=O) groups is 1. The second kappa shape index (κ2) is 8.21. The number of hydrogen-bond donors (Lipinski definition) is 0. The Morgan fingerprint density at radius 3 is 2.56 bits per heavy atom. The van der Waals surface area contributed by atoms with Gasteiger partial charge in [0.15, 0.2) is 5.17 Å². The number of nitrogens with zero attached hydrogens (tertiary/aromatic N) is 2. The first kappa shape index (κ1) is 18.2. The van der Waals surface area contributed by atoms with Gasteiger partial charge in [-0.25, -0.2) is 4.39 Å². The van der Waals surface area contributed by atoms with Gasteiger partial charge in [-0.3, -0.25) is 14.7 Å². The second-order valence-corrected chi connectivity index (χ2v) is 7.31. The monoisotopic (exact) mass is 396 g/mol. The van der Waals surface area contributed by atoms with E-state index in [1.807, 2.05) is 12.1 Å². The molecule has 3 rings (SSSR count). The highest BCUT2D eigenvalue weighted by Gasteiger charge is 2.24. The molecule has 0 saturated heterocycles. The highest BCUT2D eigenvalue weighted by molar-refractivity contribution is 8.13. The van der Waals surface area contributed by atoms with Gasteiger partial charge >= 0.3 is 0 Å². The average molecular weight is 397 g/mol. The largest absolute Gasteiger partial charge is 0.289 e. The van der Waals surface area contributed by atoms with E-state index in [4.69, 9.17) is 23.2 Å². The van der Waals surface area contributed by atoms with E-state index in [1.54, 1.807) is 23.1 Å². The molecule has 2 aromatic rings. The molecule has 0 aliphatic carbocycles. The summed E-state index contributed by atoms with van der Waals surface area (Å²) in [5, 5.41) is 1.74. The van der Waals surface area contributed by atoms with Crippen LogP contribution in [0.1, 0.15) is 11.1 Å². The summed E-state index contributed by atoms with van der Waals surface area (Å²) in [6.07, 6.45) is 0.229. The zero-order valence-electron chi connectivity index (χ0n) is 13.2. The molecule has 0 spiro atoms. The van der Waals surface area contributed by atoms with Crippen LogP contribution in [-0.2, 0) is 17.0 Å². The number of amides is 1. The molecule has 0 unspecified atom stereocenters. The predicted octanol–water partition coefficient (Wildman–Crippen LogP) is 4.81. The van der Waals surface area contributed by atoms with Crippen LogP contribution < -0.4 is 0 Å². The van der Waals surface area contributed by atoms with Gasteiger partial charge in [0.1, 0.15) is 5.82 Å². The van der Waals surface area contributed by atoms with Crippen molar-refractivity contribution in [1.29, 1.82) is 0 Å². The van der Waals surface area contributed by atoms with Gasteiger partial charge in [-0.1, -0.05) is 53.2 Å². The molecule has 130 valence electrons. The third-order valence-electron chi connectivity index (χ3n) is 3.72. The van der Waals surface area contributed by atoms with Gasteiger partial charge < -0.3 is 0 Å². The lowest BCUT2D eigenvalue weighted by Crippen LogP contribution is -2.34. The van der Waals surface area contributed by atoms with Crippen LogP contribution in [0.5, 0.6) is 0 Å². The third-order valence-corrected chi connectivity index (χ3v) is 5.55. The highest BCUT2D eigenvalue weighted by Crippen LogP contribution is 2.26. The summed E-state index contributed by atoms with van der Waals surface area (Å²) in [5.74, 6) is 0.303. The van der Waals surface area contributed by atoms with E-state index >= 15 is 0 Å².